The van der Waals surface area contributed by atoms with Crippen LogP contribution in [0.3, 0.4) is 0 Å². The molecule has 0 radical (unpaired) electrons. The van der Waals surface area contributed by atoms with Gasteiger partial charge in [-0.15, -0.1) is 0 Å². The van der Waals surface area contributed by atoms with Crippen LogP contribution in [0, 0.1) is 0 Å². The number of halogens is 1. The lowest BCUT2D eigenvalue weighted by atomic mass is 10.0. The molecule has 0 saturated heterocycles. The normalized spacial score (nSPS) is 16.3. The predicted molar refractivity (Wildman–Crippen MR) is 73.1 cm³/mol. The van der Waals surface area contributed by atoms with Crippen LogP contribution in [0.4, 0.5) is 5.82 Å². The van der Waals surface area contributed by atoms with Crippen molar-refractivity contribution in [2.75, 3.05) is 5.73 Å². The third-order valence-corrected chi connectivity index (χ3v) is 4.24. The van der Waals surface area contributed by atoms with Crippen LogP contribution in [0.5, 0.6) is 0 Å². The van der Waals surface area contributed by atoms with Gasteiger partial charge in [0.1, 0.15) is 12.1 Å². The van der Waals surface area contributed by atoms with Crippen LogP contribution in [0.15, 0.2) is 27.5 Å². The Hall–Kier alpha value is -1.36. The molecule has 1 saturated carbocycles. The minimum absolute atomic E-state index is 0.496. The van der Waals surface area contributed by atoms with Crippen LogP contribution in [-0.4, -0.2) is 9.97 Å². The molecule has 1 fully saturated rings. The zero-order chi connectivity index (χ0) is 12.5. The standard InChI is InChI=1S/C13H14BrN3O/c14-10-11(8-3-1-2-4-8)16-13(17-12(10)15)9-5-6-18-7-9/h5-8H,1-4H2,(H2,15,16,17). The number of hydrogen-bond acceptors (Lipinski definition) is 4. The first-order valence-corrected chi connectivity index (χ1v) is 6.90. The van der Waals surface area contributed by atoms with Gasteiger partial charge in [-0.3, -0.25) is 0 Å². The Bertz CT molecular complexity index is 548. The quantitative estimate of drug-likeness (QED) is 0.918. The smallest absolute Gasteiger partial charge is 0.165 e. The molecule has 1 aliphatic rings. The van der Waals surface area contributed by atoms with E-state index in [1.165, 1.54) is 25.7 Å². The van der Waals surface area contributed by atoms with Crippen molar-refractivity contribution in [1.29, 1.82) is 0 Å². The van der Waals surface area contributed by atoms with Gasteiger partial charge in [-0.25, -0.2) is 9.97 Å². The molecule has 0 spiro atoms. The SMILES string of the molecule is Nc1nc(-c2ccoc2)nc(C2CCCC2)c1Br. The van der Waals surface area contributed by atoms with E-state index in [9.17, 15) is 0 Å². The van der Waals surface area contributed by atoms with Gasteiger partial charge in [0.25, 0.3) is 0 Å². The summed E-state index contributed by atoms with van der Waals surface area (Å²) < 4.78 is 5.92. The number of nitrogens with two attached hydrogens (primary N) is 1. The molecule has 0 bridgehead atoms. The van der Waals surface area contributed by atoms with Gasteiger partial charge in [0.05, 0.1) is 22.0 Å². The second-order valence-electron chi connectivity index (χ2n) is 4.63. The topological polar surface area (TPSA) is 64.9 Å². The van der Waals surface area contributed by atoms with Crippen molar-refractivity contribution in [3.8, 4) is 11.4 Å². The third-order valence-electron chi connectivity index (χ3n) is 3.42. The first-order valence-electron chi connectivity index (χ1n) is 6.11. The molecule has 18 heavy (non-hydrogen) atoms. The van der Waals surface area contributed by atoms with E-state index in [1.807, 2.05) is 6.07 Å². The molecule has 2 aromatic heterocycles. The van der Waals surface area contributed by atoms with E-state index in [0.717, 1.165) is 15.7 Å². The van der Waals surface area contributed by atoms with Crippen molar-refractivity contribution in [1.82, 2.24) is 9.97 Å². The molecule has 0 unspecified atom stereocenters. The van der Waals surface area contributed by atoms with Gasteiger partial charge in [0.15, 0.2) is 5.82 Å². The van der Waals surface area contributed by atoms with E-state index in [0.29, 0.717) is 17.6 Å². The maximum absolute atomic E-state index is 5.97. The van der Waals surface area contributed by atoms with E-state index < -0.39 is 0 Å². The van der Waals surface area contributed by atoms with Crippen LogP contribution in [-0.2, 0) is 0 Å². The van der Waals surface area contributed by atoms with Gasteiger partial charge in [-0.05, 0) is 34.8 Å². The van der Waals surface area contributed by atoms with E-state index in [1.54, 1.807) is 12.5 Å². The first-order chi connectivity index (χ1) is 8.75. The summed E-state index contributed by atoms with van der Waals surface area (Å²) in [5.41, 5.74) is 7.87. The molecule has 0 atom stereocenters. The average Bonchev–Trinajstić information content (AvgIpc) is 3.03. The molecule has 94 valence electrons. The molecule has 4 nitrogen and oxygen atoms in total. The maximum atomic E-state index is 5.97. The molecule has 0 amide bonds. The largest absolute Gasteiger partial charge is 0.472 e. The Morgan fingerprint density at radius 3 is 2.72 bits per heavy atom. The Kier molecular flexibility index (Phi) is 3.07. The first kappa shape index (κ1) is 11.7. The fourth-order valence-corrected chi connectivity index (χ4v) is 2.97. The molecular weight excluding hydrogens is 294 g/mol. The highest BCUT2D eigenvalue weighted by Gasteiger charge is 2.23. The van der Waals surface area contributed by atoms with Gasteiger partial charge in [-0.2, -0.15) is 0 Å². The van der Waals surface area contributed by atoms with Crippen molar-refractivity contribution >= 4 is 21.7 Å². The van der Waals surface area contributed by atoms with Crippen LogP contribution < -0.4 is 5.73 Å². The Labute approximate surface area is 114 Å². The summed E-state index contributed by atoms with van der Waals surface area (Å²) >= 11 is 3.51. The number of anilines is 1. The van der Waals surface area contributed by atoms with E-state index in [2.05, 4.69) is 25.9 Å². The van der Waals surface area contributed by atoms with Crippen LogP contribution >= 0.6 is 15.9 Å². The highest BCUT2D eigenvalue weighted by Crippen LogP contribution is 2.38. The molecule has 0 aliphatic heterocycles. The van der Waals surface area contributed by atoms with E-state index >= 15 is 0 Å². The monoisotopic (exact) mass is 307 g/mol. The van der Waals surface area contributed by atoms with Crippen molar-refractivity contribution in [3.63, 3.8) is 0 Å². The molecule has 5 heteroatoms. The maximum Gasteiger partial charge on any atom is 0.165 e. The zero-order valence-corrected chi connectivity index (χ0v) is 11.5. The second kappa shape index (κ2) is 4.72. The van der Waals surface area contributed by atoms with Crippen molar-refractivity contribution < 1.29 is 4.42 Å². The van der Waals surface area contributed by atoms with Gasteiger partial charge < -0.3 is 10.2 Å². The molecule has 2 N–H and O–H groups in total. The molecule has 0 aromatic carbocycles. The lowest BCUT2D eigenvalue weighted by Crippen LogP contribution is -2.05. The lowest BCUT2D eigenvalue weighted by Gasteiger charge is -2.13. The van der Waals surface area contributed by atoms with Crippen LogP contribution in [0.2, 0.25) is 0 Å². The summed E-state index contributed by atoms with van der Waals surface area (Å²) in [5, 5.41) is 0. The summed E-state index contributed by atoms with van der Waals surface area (Å²) in [6.07, 6.45) is 8.15. The molecule has 3 rings (SSSR count). The van der Waals surface area contributed by atoms with Crippen LogP contribution in [0.1, 0.15) is 37.3 Å². The summed E-state index contributed by atoms with van der Waals surface area (Å²) in [4.78, 5) is 8.97. The van der Waals surface area contributed by atoms with Gasteiger partial charge >= 0.3 is 0 Å². The number of nitrogens with zero attached hydrogens (tertiary/aromatic N) is 2. The minimum Gasteiger partial charge on any atom is -0.472 e. The number of aromatic nitrogens is 2. The highest BCUT2D eigenvalue weighted by atomic mass is 79.9. The van der Waals surface area contributed by atoms with Gasteiger partial charge in [-0.1, -0.05) is 12.8 Å². The van der Waals surface area contributed by atoms with E-state index in [4.69, 9.17) is 10.2 Å². The molecular formula is C13H14BrN3O. The summed E-state index contributed by atoms with van der Waals surface area (Å²) in [7, 11) is 0. The lowest BCUT2D eigenvalue weighted by molar-refractivity contribution is 0.568. The van der Waals surface area contributed by atoms with Gasteiger partial charge in [0, 0.05) is 5.92 Å². The van der Waals surface area contributed by atoms with Gasteiger partial charge in [0.2, 0.25) is 0 Å². The predicted octanol–water partition coefficient (Wildman–Crippen LogP) is 3.74. The summed E-state index contributed by atoms with van der Waals surface area (Å²) in [6, 6.07) is 1.85. The van der Waals surface area contributed by atoms with Crippen molar-refractivity contribution in [2.24, 2.45) is 0 Å². The Morgan fingerprint density at radius 1 is 1.28 bits per heavy atom. The number of furan rings is 1. The molecule has 2 aromatic rings. The third kappa shape index (κ3) is 2.03. The summed E-state index contributed by atoms with van der Waals surface area (Å²) in [6.45, 7) is 0. The minimum atomic E-state index is 0.496. The number of hydrogen-bond donors (Lipinski definition) is 1. The summed E-state index contributed by atoms with van der Waals surface area (Å²) in [5.74, 6) is 1.64. The second-order valence-corrected chi connectivity index (χ2v) is 5.42. The zero-order valence-electron chi connectivity index (χ0n) is 9.90. The Morgan fingerprint density at radius 2 is 2.06 bits per heavy atom. The van der Waals surface area contributed by atoms with E-state index in [-0.39, 0.29) is 0 Å². The Balaban J connectivity index is 2.07. The van der Waals surface area contributed by atoms with Crippen molar-refractivity contribution in [2.45, 2.75) is 31.6 Å². The number of rotatable bonds is 2. The molecule has 2 heterocycles. The molecule has 1 aliphatic carbocycles. The highest BCUT2D eigenvalue weighted by molar-refractivity contribution is 9.10. The number of nitrogen functional groups attached to an aromatic ring is 1. The fourth-order valence-electron chi connectivity index (χ4n) is 2.47. The average molecular weight is 308 g/mol. The fraction of sp³-hybridized carbons (Fsp3) is 0.385. The van der Waals surface area contributed by atoms with Crippen molar-refractivity contribution in [3.05, 3.63) is 28.8 Å². The van der Waals surface area contributed by atoms with Crippen LogP contribution in [0.25, 0.3) is 11.4 Å².